The summed E-state index contributed by atoms with van der Waals surface area (Å²) >= 11 is 5.95. The van der Waals surface area contributed by atoms with Crippen LogP contribution in [0.15, 0.2) is 15.9 Å². The maximum Gasteiger partial charge on any atom is 0.228 e. The zero-order valence-electron chi connectivity index (χ0n) is 8.96. The molecule has 0 amide bonds. The minimum Gasteiger partial charge on any atom is -0.473 e. The third-order valence-corrected chi connectivity index (χ3v) is 2.25. The first-order valence-corrected chi connectivity index (χ1v) is 5.25. The first kappa shape index (κ1) is 12.5. The molecule has 0 aromatic carbocycles. The molecule has 0 unspecified atom stereocenters. The van der Waals surface area contributed by atoms with Gasteiger partial charge in [0.2, 0.25) is 5.88 Å². The van der Waals surface area contributed by atoms with Gasteiger partial charge in [-0.15, -0.1) is 0 Å². The van der Waals surface area contributed by atoms with Crippen LogP contribution >= 0.6 is 11.6 Å². The quantitative estimate of drug-likeness (QED) is 0.811. The second-order valence-corrected chi connectivity index (χ2v) is 4.65. The van der Waals surface area contributed by atoms with Gasteiger partial charge in [0.25, 0.3) is 0 Å². The monoisotopic (exact) mass is 234 g/mol. The largest absolute Gasteiger partial charge is 0.473 e. The molecule has 0 aromatic rings. The van der Waals surface area contributed by atoms with Gasteiger partial charge in [-0.25, -0.2) is 9.38 Å². The molecular formula is C10H16ClFN2O. The van der Waals surface area contributed by atoms with Crippen LogP contribution in [0.25, 0.3) is 0 Å². The number of halogens is 2. The summed E-state index contributed by atoms with van der Waals surface area (Å²) in [4.78, 5) is 4.02. The highest BCUT2D eigenvalue weighted by Gasteiger charge is 2.21. The molecule has 3 nitrogen and oxygen atoms in total. The van der Waals surface area contributed by atoms with Crippen LogP contribution < -0.4 is 5.73 Å². The predicted octanol–water partition coefficient (Wildman–Crippen LogP) is 2.21. The van der Waals surface area contributed by atoms with Crippen LogP contribution in [0.1, 0.15) is 20.3 Å². The Morgan fingerprint density at radius 3 is 2.87 bits per heavy atom. The van der Waals surface area contributed by atoms with E-state index in [1.807, 2.05) is 0 Å². The van der Waals surface area contributed by atoms with Gasteiger partial charge in [0, 0.05) is 18.7 Å². The van der Waals surface area contributed by atoms with E-state index < -0.39 is 5.67 Å². The summed E-state index contributed by atoms with van der Waals surface area (Å²) in [5.41, 5.74) is 4.10. The molecule has 0 bridgehead atoms. The number of rotatable bonds is 4. The van der Waals surface area contributed by atoms with Crippen LogP contribution in [0.4, 0.5) is 4.39 Å². The van der Waals surface area contributed by atoms with Gasteiger partial charge in [-0.05, 0) is 20.3 Å². The lowest BCUT2D eigenvalue weighted by Crippen LogP contribution is -2.22. The second-order valence-electron chi connectivity index (χ2n) is 4.20. The van der Waals surface area contributed by atoms with Crippen LogP contribution in [0, 0.1) is 5.92 Å². The average molecular weight is 235 g/mol. The fraction of sp³-hybridized carbons (Fsp3) is 0.700. The molecule has 0 aliphatic carbocycles. The Kier molecular flexibility index (Phi) is 4.11. The van der Waals surface area contributed by atoms with Crippen molar-refractivity contribution in [3.05, 3.63) is 10.9 Å². The molecule has 2 N–H and O–H groups in total. The van der Waals surface area contributed by atoms with Gasteiger partial charge in [-0.1, -0.05) is 11.6 Å². The molecule has 0 fully saturated rings. The van der Waals surface area contributed by atoms with E-state index >= 15 is 0 Å². The molecular weight excluding hydrogens is 219 g/mol. The van der Waals surface area contributed by atoms with Crippen LogP contribution in [-0.4, -0.2) is 25.0 Å². The minimum absolute atomic E-state index is 0.0524. The van der Waals surface area contributed by atoms with Crippen LogP contribution in [0.2, 0.25) is 0 Å². The van der Waals surface area contributed by atoms with E-state index in [0.29, 0.717) is 23.9 Å². The molecule has 1 aliphatic heterocycles. The molecule has 0 saturated heterocycles. The Morgan fingerprint density at radius 2 is 2.40 bits per heavy atom. The van der Waals surface area contributed by atoms with Crippen LogP contribution in [-0.2, 0) is 4.74 Å². The highest BCUT2D eigenvalue weighted by Crippen LogP contribution is 2.25. The Morgan fingerprint density at radius 1 is 1.73 bits per heavy atom. The Labute approximate surface area is 94.1 Å². The van der Waals surface area contributed by atoms with Gasteiger partial charge < -0.3 is 10.5 Å². The number of nitrogens with zero attached hydrogens (tertiary/aromatic N) is 1. The standard InChI is InChI=1S/C10H16ClFN2O/c1-10(2,12)6-15-9-8(11)3-7(4-13)5-14-9/h5,7H,3-4,6,13H2,1-2H3/t7-/m0/s1. The summed E-state index contributed by atoms with van der Waals surface area (Å²) in [6, 6.07) is 0. The van der Waals surface area contributed by atoms with E-state index in [1.165, 1.54) is 13.8 Å². The smallest absolute Gasteiger partial charge is 0.228 e. The van der Waals surface area contributed by atoms with E-state index in [4.69, 9.17) is 22.1 Å². The Hall–Kier alpha value is -0.610. The van der Waals surface area contributed by atoms with E-state index in [-0.39, 0.29) is 12.5 Å². The molecule has 1 atom stereocenters. The van der Waals surface area contributed by atoms with Crippen molar-refractivity contribution in [1.29, 1.82) is 0 Å². The van der Waals surface area contributed by atoms with E-state index in [2.05, 4.69) is 4.99 Å². The molecule has 15 heavy (non-hydrogen) atoms. The minimum atomic E-state index is -1.38. The predicted molar refractivity (Wildman–Crippen MR) is 59.7 cm³/mol. The third kappa shape index (κ3) is 4.18. The molecule has 1 aliphatic rings. The van der Waals surface area contributed by atoms with Crippen molar-refractivity contribution in [2.24, 2.45) is 16.6 Å². The molecule has 0 spiro atoms. The first-order chi connectivity index (χ1) is 6.92. The lowest BCUT2D eigenvalue weighted by molar-refractivity contribution is 0.0741. The SMILES string of the molecule is CC(C)(F)COC1=C(Cl)C[C@@H](CN)C=N1. The van der Waals surface area contributed by atoms with Crippen molar-refractivity contribution in [2.75, 3.05) is 13.2 Å². The molecule has 5 heteroatoms. The van der Waals surface area contributed by atoms with Gasteiger partial charge in [0.1, 0.15) is 12.3 Å². The number of alkyl halides is 1. The number of aliphatic imine (C=N–C) groups is 1. The summed E-state index contributed by atoms with van der Waals surface area (Å²) < 4.78 is 18.3. The van der Waals surface area contributed by atoms with Crippen molar-refractivity contribution in [3.63, 3.8) is 0 Å². The van der Waals surface area contributed by atoms with Crippen molar-refractivity contribution < 1.29 is 9.13 Å². The maximum atomic E-state index is 13.2. The molecule has 1 heterocycles. The third-order valence-electron chi connectivity index (χ3n) is 1.93. The van der Waals surface area contributed by atoms with Crippen molar-refractivity contribution >= 4 is 17.8 Å². The molecule has 0 saturated carbocycles. The van der Waals surface area contributed by atoms with E-state index in [0.717, 1.165) is 0 Å². The van der Waals surface area contributed by atoms with Crippen molar-refractivity contribution in [1.82, 2.24) is 0 Å². The zero-order valence-corrected chi connectivity index (χ0v) is 9.72. The van der Waals surface area contributed by atoms with E-state index in [1.54, 1.807) is 6.21 Å². The number of nitrogens with two attached hydrogens (primary N) is 1. The van der Waals surface area contributed by atoms with Gasteiger partial charge in [-0.2, -0.15) is 0 Å². The lowest BCUT2D eigenvalue weighted by Gasteiger charge is -2.20. The fourth-order valence-electron chi connectivity index (χ4n) is 1.11. The van der Waals surface area contributed by atoms with Gasteiger partial charge in [0.15, 0.2) is 0 Å². The first-order valence-electron chi connectivity index (χ1n) is 4.87. The highest BCUT2D eigenvalue weighted by atomic mass is 35.5. The molecule has 0 aromatic heterocycles. The number of ether oxygens (including phenoxy) is 1. The number of hydrogen-bond donors (Lipinski definition) is 1. The van der Waals surface area contributed by atoms with Gasteiger partial charge in [0.05, 0.1) is 5.03 Å². The zero-order chi connectivity index (χ0) is 11.5. The van der Waals surface area contributed by atoms with Crippen molar-refractivity contribution in [3.8, 4) is 0 Å². The van der Waals surface area contributed by atoms with Crippen LogP contribution in [0.5, 0.6) is 0 Å². The fourth-order valence-corrected chi connectivity index (χ4v) is 1.41. The topological polar surface area (TPSA) is 47.6 Å². The number of allylic oxidation sites excluding steroid dienone is 1. The van der Waals surface area contributed by atoms with Gasteiger partial charge >= 0.3 is 0 Å². The second kappa shape index (κ2) is 4.94. The summed E-state index contributed by atoms with van der Waals surface area (Å²) in [5.74, 6) is 0.468. The summed E-state index contributed by atoms with van der Waals surface area (Å²) in [7, 11) is 0. The number of hydrogen-bond acceptors (Lipinski definition) is 3. The normalized spacial score (nSPS) is 22.1. The Balaban J connectivity index is 2.53. The van der Waals surface area contributed by atoms with E-state index in [9.17, 15) is 4.39 Å². The molecule has 86 valence electrons. The van der Waals surface area contributed by atoms with Crippen molar-refractivity contribution in [2.45, 2.75) is 25.9 Å². The highest BCUT2D eigenvalue weighted by molar-refractivity contribution is 6.30. The Bertz CT molecular complexity index is 284. The average Bonchev–Trinajstić information content (AvgIpc) is 2.14. The summed E-state index contributed by atoms with van der Waals surface area (Å²) in [6.07, 6.45) is 2.32. The summed E-state index contributed by atoms with van der Waals surface area (Å²) in [6.45, 7) is 3.33. The molecule has 0 radical (unpaired) electrons. The molecule has 1 rings (SSSR count). The summed E-state index contributed by atoms with van der Waals surface area (Å²) in [5, 5.41) is 0.511. The van der Waals surface area contributed by atoms with Crippen LogP contribution in [0.3, 0.4) is 0 Å². The van der Waals surface area contributed by atoms with Gasteiger partial charge in [-0.3, -0.25) is 0 Å². The maximum absolute atomic E-state index is 13.2. The lowest BCUT2D eigenvalue weighted by atomic mass is 10.1.